The molecule has 39 heavy (non-hydrogen) atoms. The summed E-state index contributed by atoms with van der Waals surface area (Å²) in [6.45, 7) is 1.67. The number of benzene rings is 1. The number of methoxy groups -OCH3 is 1. The van der Waals surface area contributed by atoms with Crippen molar-refractivity contribution in [1.29, 1.82) is 0 Å². The Morgan fingerprint density at radius 2 is 2.03 bits per heavy atom. The van der Waals surface area contributed by atoms with Gasteiger partial charge in [-0.2, -0.15) is 13.2 Å². The van der Waals surface area contributed by atoms with Crippen molar-refractivity contribution >= 4 is 39.3 Å². The Kier molecular flexibility index (Phi) is 6.80. The summed E-state index contributed by atoms with van der Waals surface area (Å²) >= 11 is 1.40. The van der Waals surface area contributed by atoms with Crippen LogP contribution in [0.3, 0.4) is 0 Å². The number of aromatic nitrogens is 2. The molecule has 0 amide bonds. The topological polar surface area (TPSA) is 94.6 Å². The summed E-state index contributed by atoms with van der Waals surface area (Å²) in [4.78, 5) is 13.1. The molecule has 0 saturated heterocycles. The van der Waals surface area contributed by atoms with Crippen LogP contribution in [0.5, 0.6) is 5.75 Å². The minimum absolute atomic E-state index is 0.0556. The molecule has 13 heteroatoms. The van der Waals surface area contributed by atoms with Crippen LogP contribution in [-0.4, -0.2) is 46.4 Å². The Labute approximate surface area is 224 Å². The smallest absolute Gasteiger partial charge is 0.457 e. The van der Waals surface area contributed by atoms with E-state index in [0.29, 0.717) is 23.9 Å². The number of fused-ring (bicyclic) bond motifs is 2. The van der Waals surface area contributed by atoms with Crippen molar-refractivity contribution in [2.75, 3.05) is 25.6 Å². The minimum atomic E-state index is -4.60. The number of nitrogens with two attached hydrogens (primary N) is 1. The Morgan fingerprint density at radius 1 is 1.23 bits per heavy atom. The number of nitrogens with one attached hydrogen (secondary N) is 1. The van der Waals surface area contributed by atoms with Crippen molar-refractivity contribution in [1.82, 2.24) is 9.97 Å². The molecule has 2 aromatic heterocycles. The van der Waals surface area contributed by atoms with E-state index in [1.807, 2.05) is 5.92 Å². The second kappa shape index (κ2) is 9.84. The Morgan fingerprint density at radius 3 is 2.77 bits per heavy atom. The molecule has 3 aromatic rings. The molecule has 3 N–H and O–H groups in total. The number of nitrogens with zero attached hydrogens (tertiary/aromatic N) is 3. The fourth-order valence-electron chi connectivity index (χ4n) is 4.96. The van der Waals surface area contributed by atoms with Crippen molar-refractivity contribution in [3.8, 4) is 17.6 Å². The molecule has 1 aliphatic heterocycles. The molecule has 1 fully saturated rings. The van der Waals surface area contributed by atoms with Crippen LogP contribution in [0.2, 0.25) is 0 Å². The predicted molar refractivity (Wildman–Crippen MR) is 138 cm³/mol. The van der Waals surface area contributed by atoms with E-state index in [1.54, 1.807) is 26.2 Å². The number of anilines is 2. The van der Waals surface area contributed by atoms with Crippen molar-refractivity contribution < 1.29 is 31.4 Å². The van der Waals surface area contributed by atoms with Crippen LogP contribution in [0.15, 0.2) is 41.7 Å². The maximum absolute atomic E-state index is 15.2. The van der Waals surface area contributed by atoms with Gasteiger partial charge >= 0.3 is 6.18 Å². The Hall–Kier alpha value is -3.63. The van der Waals surface area contributed by atoms with Crippen LogP contribution < -0.4 is 15.8 Å². The normalized spacial score (nSPS) is 23.9. The van der Waals surface area contributed by atoms with Gasteiger partial charge < -0.3 is 20.5 Å². The summed E-state index contributed by atoms with van der Waals surface area (Å²) < 4.78 is 76.9. The molecule has 0 bridgehead atoms. The molecule has 7 nitrogen and oxygen atoms in total. The third-order valence-electron chi connectivity index (χ3n) is 6.69. The van der Waals surface area contributed by atoms with Crippen LogP contribution in [-0.2, 0) is 10.3 Å². The summed E-state index contributed by atoms with van der Waals surface area (Å²) in [7, 11) is 1.58. The number of hydrogen-bond acceptors (Lipinski definition) is 8. The Balaban J connectivity index is 1.44. The molecule has 3 heterocycles. The van der Waals surface area contributed by atoms with Crippen molar-refractivity contribution in [2.45, 2.75) is 29.8 Å². The highest BCUT2D eigenvalue weighted by molar-refractivity contribution is 8.15. The van der Waals surface area contributed by atoms with E-state index in [-0.39, 0.29) is 38.7 Å². The van der Waals surface area contributed by atoms with Gasteiger partial charge in [0, 0.05) is 47.8 Å². The van der Waals surface area contributed by atoms with E-state index >= 15 is 4.39 Å². The molecule has 0 unspecified atom stereocenters. The SMILES string of the molecule is COC[C@]12C[C@H]1[C@@](C)(c1cc(Nc3nccc4cc(OCC#CC(F)(F)F)cnc34)cc(F)c1F)N=C(N)S2. The standard InChI is InChI=1S/C26H22F5N5O2S/c1-24(19-11-25(19,13-37-2)39-23(32)36-24)17-9-15(10-18(27)20(17)28)35-22-21-14(4-6-33-22)8-16(12-34-21)38-7-3-5-26(29,30)31/h4,6,8-10,12,19H,7,11,13H2,1-2H3,(H2,32,36)(H,33,35)/t19-,24+,25+/m0/s1. The van der Waals surface area contributed by atoms with Gasteiger partial charge in [-0.15, -0.1) is 0 Å². The molecule has 5 rings (SSSR count). The second-order valence-electron chi connectivity index (χ2n) is 9.39. The number of rotatable bonds is 7. The lowest BCUT2D eigenvalue weighted by Gasteiger charge is -2.34. The molecule has 1 aromatic carbocycles. The highest BCUT2D eigenvalue weighted by Crippen LogP contribution is 2.66. The van der Waals surface area contributed by atoms with E-state index in [0.717, 1.165) is 12.0 Å². The van der Waals surface area contributed by atoms with Crippen molar-refractivity contribution in [2.24, 2.45) is 16.6 Å². The van der Waals surface area contributed by atoms with Gasteiger partial charge in [0.25, 0.3) is 0 Å². The van der Waals surface area contributed by atoms with Gasteiger partial charge in [0.15, 0.2) is 22.6 Å². The number of aliphatic imine (C=N–C) groups is 1. The summed E-state index contributed by atoms with van der Waals surface area (Å²) in [5, 5.41) is 3.83. The largest absolute Gasteiger partial charge is 0.479 e. The molecular formula is C26H22F5N5O2S. The summed E-state index contributed by atoms with van der Waals surface area (Å²) in [6.07, 6.45) is -1.14. The van der Waals surface area contributed by atoms with Gasteiger partial charge in [0.1, 0.15) is 17.9 Å². The first kappa shape index (κ1) is 27.0. The number of thioether (sulfide) groups is 1. The third-order valence-corrected chi connectivity index (χ3v) is 7.97. The Bertz CT molecular complexity index is 1540. The lowest BCUT2D eigenvalue weighted by atomic mass is 9.85. The number of ether oxygens (including phenoxy) is 2. The van der Waals surface area contributed by atoms with Crippen LogP contribution in [0.25, 0.3) is 10.9 Å². The third kappa shape index (κ3) is 5.31. The zero-order valence-electron chi connectivity index (χ0n) is 20.7. The molecule has 0 radical (unpaired) electrons. The zero-order valence-corrected chi connectivity index (χ0v) is 21.5. The van der Waals surface area contributed by atoms with E-state index in [9.17, 15) is 17.6 Å². The number of hydrogen-bond donors (Lipinski definition) is 2. The van der Waals surface area contributed by atoms with Gasteiger partial charge in [-0.1, -0.05) is 17.7 Å². The quantitative estimate of drug-likeness (QED) is 0.299. The van der Waals surface area contributed by atoms with Gasteiger partial charge in [-0.05, 0) is 31.5 Å². The highest BCUT2D eigenvalue weighted by Gasteiger charge is 2.66. The van der Waals surface area contributed by atoms with Gasteiger partial charge in [-0.25, -0.2) is 18.7 Å². The van der Waals surface area contributed by atoms with Gasteiger partial charge in [0.2, 0.25) is 0 Å². The number of halogens is 5. The van der Waals surface area contributed by atoms with Crippen molar-refractivity contribution in [3.05, 3.63) is 53.9 Å². The van der Waals surface area contributed by atoms with E-state index in [2.05, 4.69) is 20.3 Å². The molecule has 1 saturated carbocycles. The fraction of sp³-hybridized carbons (Fsp3) is 0.346. The van der Waals surface area contributed by atoms with E-state index < -0.39 is 30.0 Å². The summed E-state index contributed by atoms with van der Waals surface area (Å²) in [5.41, 5.74) is 5.65. The molecular weight excluding hydrogens is 541 g/mol. The molecule has 204 valence electrons. The predicted octanol–water partition coefficient (Wildman–Crippen LogP) is 5.28. The first-order chi connectivity index (χ1) is 18.4. The average molecular weight is 564 g/mol. The lowest BCUT2D eigenvalue weighted by Crippen LogP contribution is -2.37. The van der Waals surface area contributed by atoms with Crippen LogP contribution in [0.1, 0.15) is 18.9 Å². The number of pyridine rings is 2. The maximum atomic E-state index is 15.2. The molecule has 3 atom stereocenters. The van der Waals surface area contributed by atoms with Crippen LogP contribution in [0, 0.1) is 29.4 Å². The van der Waals surface area contributed by atoms with Gasteiger partial charge in [0.05, 0.1) is 23.1 Å². The average Bonchev–Trinajstić information content (AvgIpc) is 3.58. The zero-order chi connectivity index (χ0) is 28.0. The number of amidine groups is 1. The minimum Gasteiger partial charge on any atom is -0.479 e. The fourth-order valence-corrected chi connectivity index (χ4v) is 6.41. The molecule has 1 aliphatic carbocycles. The molecule has 0 spiro atoms. The van der Waals surface area contributed by atoms with E-state index in [1.165, 1.54) is 30.2 Å². The lowest BCUT2D eigenvalue weighted by molar-refractivity contribution is -0.0698. The number of alkyl halides is 3. The van der Waals surface area contributed by atoms with Crippen molar-refractivity contribution in [3.63, 3.8) is 0 Å². The van der Waals surface area contributed by atoms with Crippen LogP contribution >= 0.6 is 11.8 Å². The molecule has 2 aliphatic rings. The summed E-state index contributed by atoms with van der Waals surface area (Å²) in [5.74, 6) is 1.28. The summed E-state index contributed by atoms with van der Waals surface area (Å²) in [6, 6.07) is 5.68. The first-order valence-electron chi connectivity index (χ1n) is 11.7. The monoisotopic (exact) mass is 563 g/mol. The van der Waals surface area contributed by atoms with E-state index in [4.69, 9.17) is 15.2 Å². The maximum Gasteiger partial charge on any atom is 0.457 e. The highest BCUT2D eigenvalue weighted by atomic mass is 32.2. The second-order valence-corrected chi connectivity index (χ2v) is 10.8. The van der Waals surface area contributed by atoms with Crippen LogP contribution in [0.4, 0.5) is 33.5 Å². The first-order valence-corrected chi connectivity index (χ1v) is 12.5. The van der Waals surface area contributed by atoms with Gasteiger partial charge in [-0.3, -0.25) is 4.99 Å².